The topological polar surface area (TPSA) is 64.7 Å². The number of rotatable bonds is 4. The number of anilines is 1. The van der Waals surface area contributed by atoms with E-state index in [2.05, 4.69) is 15.5 Å². The van der Waals surface area contributed by atoms with Crippen LogP contribution < -0.4 is 5.32 Å². The van der Waals surface area contributed by atoms with E-state index in [0.29, 0.717) is 11.5 Å². The zero-order valence-corrected chi connectivity index (χ0v) is 17.2. The highest BCUT2D eigenvalue weighted by Crippen LogP contribution is 2.39. The van der Waals surface area contributed by atoms with Crippen LogP contribution in [-0.2, 0) is 6.18 Å². The second-order valence-electron chi connectivity index (χ2n) is 7.09. The van der Waals surface area contributed by atoms with Crippen LogP contribution in [0.25, 0.3) is 15.9 Å². The monoisotopic (exact) mass is 433 g/mol. The molecule has 156 valence electrons. The molecular formula is C20H18F3N5OS. The number of amides is 1. The molecule has 0 radical (unpaired) electrons. The van der Waals surface area contributed by atoms with E-state index >= 15 is 0 Å². The number of halogens is 3. The molecule has 0 fully saturated rings. The zero-order valence-electron chi connectivity index (χ0n) is 16.4. The predicted octanol–water partition coefficient (Wildman–Crippen LogP) is 5.44. The molecule has 0 saturated heterocycles. The van der Waals surface area contributed by atoms with Crippen molar-refractivity contribution in [2.45, 2.75) is 33.0 Å². The van der Waals surface area contributed by atoms with Gasteiger partial charge in [-0.25, -0.2) is 4.68 Å². The van der Waals surface area contributed by atoms with Crippen LogP contribution in [0.1, 0.15) is 40.9 Å². The zero-order chi connectivity index (χ0) is 21.6. The van der Waals surface area contributed by atoms with E-state index in [-0.39, 0.29) is 21.1 Å². The fourth-order valence-corrected chi connectivity index (χ4v) is 4.25. The van der Waals surface area contributed by atoms with E-state index in [4.69, 9.17) is 0 Å². The second kappa shape index (κ2) is 7.28. The van der Waals surface area contributed by atoms with Gasteiger partial charge in [0.05, 0.1) is 10.6 Å². The van der Waals surface area contributed by atoms with E-state index in [0.717, 1.165) is 17.0 Å². The molecule has 0 aliphatic carbocycles. The predicted molar refractivity (Wildman–Crippen MR) is 109 cm³/mol. The van der Waals surface area contributed by atoms with Crippen molar-refractivity contribution in [3.8, 4) is 5.69 Å². The number of carbonyl (C=O) groups excluding carboxylic acids is 1. The number of hydrogen-bond acceptors (Lipinski definition) is 4. The Morgan fingerprint density at radius 1 is 1.13 bits per heavy atom. The maximum atomic E-state index is 13.5. The highest BCUT2D eigenvalue weighted by atomic mass is 32.1. The number of carbonyl (C=O) groups is 1. The third kappa shape index (κ3) is 3.58. The van der Waals surface area contributed by atoms with Crippen LogP contribution in [0.4, 0.5) is 19.0 Å². The van der Waals surface area contributed by atoms with Crippen LogP contribution in [0.3, 0.4) is 0 Å². The van der Waals surface area contributed by atoms with Gasteiger partial charge in [0.25, 0.3) is 5.91 Å². The molecule has 1 aromatic carbocycles. The van der Waals surface area contributed by atoms with E-state index in [1.807, 2.05) is 20.8 Å². The maximum absolute atomic E-state index is 13.5. The number of para-hydroxylation sites is 1. The Hall–Kier alpha value is -3.14. The SMILES string of the molecule is Cc1cc(NC(=O)c2cc3c(C(F)(F)F)nn(-c4ccccc4)c3s2)nn1C(C)C. The van der Waals surface area contributed by atoms with Crippen molar-refractivity contribution >= 4 is 33.3 Å². The number of nitrogens with zero attached hydrogens (tertiary/aromatic N) is 4. The van der Waals surface area contributed by atoms with E-state index < -0.39 is 17.8 Å². The van der Waals surface area contributed by atoms with Crippen molar-refractivity contribution in [2.75, 3.05) is 5.32 Å². The van der Waals surface area contributed by atoms with Crippen LogP contribution in [0.15, 0.2) is 42.5 Å². The van der Waals surface area contributed by atoms with Gasteiger partial charge in [-0.3, -0.25) is 9.48 Å². The van der Waals surface area contributed by atoms with E-state index in [1.165, 1.54) is 10.7 Å². The number of nitrogens with one attached hydrogen (secondary N) is 1. The molecule has 3 heterocycles. The van der Waals surface area contributed by atoms with Crippen LogP contribution in [0.2, 0.25) is 0 Å². The Balaban J connectivity index is 1.74. The summed E-state index contributed by atoms with van der Waals surface area (Å²) in [6, 6.07) is 11.6. The van der Waals surface area contributed by atoms with Crippen LogP contribution in [0, 0.1) is 6.92 Å². The largest absolute Gasteiger partial charge is 0.435 e. The molecule has 10 heteroatoms. The molecule has 0 unspecified atom stereocenters. The normalized spacial score (nSPS) is 12.1. The molecule has 0 aliphatic heterocycles. The highest BCUT2D eigenvalue weighted by molar-refractivity contribution is 7.20. The Labute approximate surface area is 173 Å². The summed E-state index contributed by atoms with van der Waals surface area (Å²) in [5.74, 6) is -0.165. The summed E-state index contributed by atoms with van der Waals surface area (Å²) >= 11 is 0.954. The summed E-state index contributed by atoms with van der Waals surface area (Å²) in [5, 5.41) is 10.7. The number of thiophene rings is 1. The third-order valence-corrected chi connectivity index (χ3v) is 5.62. The lowest BCUT2D eigenvalue weighted by atomic mass is 10.2. The summed E-state index contributed by atoms with van der Waals surface area (Å²) in [6.07, 6.45) is -4.64. The van der Waals surface area contributed by atoms with Gasteiger partial charge in [-0.05, 0) is 39.0 Å². The molecule has 4 aromatic rings. The first-order chi connectivity index (χ1) is 14.1. The van der Waals surface area contributed by atoms with Crippen LogP contribution >= 0.6 is 11.3 Å². The number of fused-ring (bicyclic) bond motifs is 1. The minimum Gasteiger partial charge on any atom is -0.304 e. The first-order valence-electron chi connectivity index (χ1n) is 9.18. The molecule has 1 N–H and O–H groups in total. The van der Waals surface area contributed by atoms with Gasteiger partial charge in [0.15, 0.2) is 11.5 Å². The number of aryl methyl sites for hydroxylation is 1. The molecule has 30 heavy (non-hydrogen) atoms. The van der Waals surface area contributed by atoms with Gasteiger partial charge < -0.3 is 5.32 Å². The maximum Gasteiger partial charge on any atom is 0.435 e. The fourth-order valence-electron chi connectivity index (χ4n) is 3.22. The molecule has 6 nitrogen and oxygen atoms in total. The number of alkyl halides is 3. The molecular weight excluding hydrogens is 415 g/mol. The Morgan fingerprint density at radius 3 is 2.43 bits per heavy atom. The van der Waals surface area contributed by atoms with Crippen molar-refractivity contribution in [1.82, 2.24) is 19.6 Å². The second-order valence-corrected chi connectivity index (χ2v) is 8.12. The van der Waals surface area contributed by atoms with Gasteiger partial charge >= 0.3 is 6.18 Å². The molecule has 0 atom stereocenters. The lowest BCUT2D eigenvalue weighted by Gasteiger charge is -2.07. The van der Waals surface area contributed by atoms with Gasteiger partial charge in [0.1, 0.15) is 4.83 Å². The highest BCUT2D eigenvalue weighted by Gasteiger charge is 2.38. The van der Waals surface area contributed by atoms with Crippen LogP contribution in [0.5, 0.6) is 0 Å². The average Bonchev–Trinajstić information content (AvgIpc) is 3.34. The van der Waals surface area contributed by atoms with Crippen LogP contribution in [-0.4, -0.2) is 25.5 Å². The fraction of sp³-hybridized carbons (Fsp3) is 0.250. The molecule has 0 spiro atoms. The summed E-state index contributed by atoms with van der Waals surface area (Å²) in [7, 11) is 0. The van der Waals surface area contributed by atoms with Crippen molar-refractivity contribution < 1.29 is 18.0 Å². The minimum absolute atomic E-state index is 0.106. The van der Waals surface area contributed by atoms with Crippen molar-refractivity contribution in [2.24, 2.45) is 0 Å². The third-order valence-electron chi connectivity index (χ3n) is 4.51. The molecule has 0 aliphatic rings. The summed E-state index contributed by atoms with van der Waals surface area (Å²) in [5.41, 5.74) is 0.338. The Kier molecular flexibility index (Phi) is 4.89. The number of aromatic nitrogens is 4. The van der Waals surface area contributed by atoms with Crippen molar-refractivity contribution in [1.29, 1.82) is 0 Å². The first-order valence-corrected chi connectivity index (χ1v) is 9.99. The van der Waals surface area contributed by atoms with Gasteiger partial charge in [-0.15, -0.1) is 11.3 Å². The summed E-state index contributed by atoms with van der Waals surface area (Å²) in [6.45, 7) is 5.79. The van der Waals surface area contributed by atoms with Crippen molar-refractivity contribution in [3.05, 3.63) is 58.7 Å². The summed E-state index contributed by atoms with van der Waals surface area (Å²) in [4.78, 5) is 13.1. The van der Waals surface area contributed by atoms with Gasteiger partial charge in [-0.2, -0.15) is 23.4 Å². The number of benzene rings is 1. The average molecular weight is 433 g/mol. The smallest absolute Gasteiger partial charge is 0.304 e. The molecule has 4 rings (SSSR count). The van der Waals surface area contributed by atoms with Crippen molar-refractivity contribution in [3.63, 3.8) is 0 Å². The molecule has 1 amide bonds. The molecule has 3 aromatic heterocycles. The lowest BCUT2D eigenvalue weighted by Crippen LogP contribution is -2.12. The van der Waals surface area contributed by atoms with E-state index in [1.54, 1.807) is 41.1 Å². The van der Waals surface area contributed by atoms with Gasteiger partial charge in [0.2, 0.25) is 0 Å². The number of hydrogen-bond donors (Lipinski definition) is 1. The molecule has 0 bridgehead atoms. The Morgan fingerprint density at radius 2 is 1.83 bits per heavy atom. The van der Waals surface area contributed by atoms with Gasteiger partial charge in [0, 0.05) is 23.2 Å². The van der Waals surface area contributed by atoms with E-state index in [9.17, 15) is 18.0 Å². The standard InChI is InChI=1S/C20H18F3N5OS/c1-11(2)27-12(3)9-16(25-27)24-18(29)15-10-14-17(20(21,22)23)26-28(19(14)30-15)13-7-5-4-6-8-13/h4-11H,1-3H3,(H,24,25,29). The minimum atomic E-state index is -4.64. The van der Waals surface area contributed by atoms with Gasteiger partial charge in [-0.1, -0.05) is 18.2 Å². The summed E-state index contributed by atoms with van der Waals surface area (Å²) < 4.78 is 43.6. The first kappa shape index (κ1) is 20.1. The molecule has 0 saturated carbocycles. The quantitative estimate of drug-likeness (QED) is 0.466. The lowest BCUT2D eigenvalue weighted by molar-refractivity contribution is -0.140. The Bertz CT molecular complexity index is 1220.